The predicted octanol–water partition coefficient (Wildman–Crippen LogP) is 4.99. The number of nitrogens with one attached hydrogen (secondary N) is 1. The van der Waals surface area contributed by atoms with Crippen LogP contribution in [0.1, 0.15) is 44.8 Å². The molecular weight excluding hydrogens is 714 g/mol. The van der Waals surface area contributed by atoms with Crippen molar-refractivity contribution in [2.75, 3.05) is 24.6 Å². The minimum atomic E-state index is -1.40. The van der Waals surface area contributed by atoms with Crippen LogP contribution >= 0.6 is 27.5 Å². The molecule has 0 aromatic heterocycles. The first-order valence-corrected chi connectivity index (χ1v) is 17.8. The number of allylic oxidation sites excluding steroid dienone is 1. The zero-order valence-corrected chi connectivity index (χ0v) is 30.0. The number of anilines is 1. The molecule has 3 aliphatic heterocycles. The zero-order valence-electron chi connectivity index (χ0n) is 27.7. The molecule has 3 amide bonds. The van der Waals surface area contributed by atoms with Gasteiger partial charge in [0.1, 0.15) is 17.7 Å². The third kappa shape index (κ3) is 6.95. The molecule has 2 aromatic rings. The summed E-state index contributed by atoms with van der Waals surface area (Å²) in [6.45, 7) is 10.9. The van der Waals surface area contributed by atoms with Crippen molar-refractivity contribution in [1.29, 1.82) is 0 Å². The first kappa shape index (κ1) is 36.8. The van der Waals surface area contributed by atoms with Crippen molar-refractivity contribution in [3.05, 3.63) is 90.5 Å². The molecule has 3 heterocycles. The number of carbonyl (C=O) groups excluding carboxylic acids is 4. The van der Waals surface area contributed by atoms with Crippen LogP contribution in [0.3, 0.4) is 0 Å². The van der Waals surface area contributed by atoms with E-state index in [9.17, 15) is 24.3 Å². The molecule has 49 heavy (non-hydrogen) atoms. The smallest absolute Gasteiger partial charge is 0.313 e. The highest BCUT2D eigenvalue weighted by atomic mass is 79.9. The van der Waals surface area contributed by atoms with Crippen LogP contribution in [0.2, 0.25) is 5.02 Å². The highest BCUT2D eigenvalue weighted by Crippen LogP contribution is 2.61. The van der Waals surface area contributed by atoms with Crippen LogP contribution < -0.4 is 10.2 Å². The third-order valence-corrected chi connectivity index (χ3v) is 10.9. The number of carbonyl (C=O) groups is 4. The predicted molar refractivity (Wildman–Crippen MR) is 190 cm³/mol. The van der Waals surface area contributed by atoms with E-state index in [-0.39, 0.29) is 42.6 Å². The van der Waals surface area contributed by atoms with Gasteiger partial charge in [0.25, 0.3) is 5.91 Å². The SMILES string of the molecule is C=CCCC(=O)NC[C@H](OC(=O)[C@H]1[C@@H]2O[C@@]3(CC2Br)[C@@H]1C(=O)N([C@@H](CO)C(C)C)[C@@H]3C(=O)N(CC=C)c1ccccc1Cl)c1ccccc1. The van der Waals surface area contributed by atoms with E-state index in [0.29, 0.717) is 22.7 Å². The standard InChI is InChI=1S/C37H43BrClN3O7/c1-5-7-17-29(44)40-20-28(23-13-9-8-10-14-23)48-36(47)30-31-34(45)42(27(21-43)22(3)4)33(37(31)19-24(38)32(30)49-37)35(46)41(18-6-2)26-16-12-11-15-25(26)39/h5-6,8-16,22,24,27-28,30-33,43H,1-2,7,17-21H2,3-4H3,(H,40,44)/t24?,27-,28-,30+,31-,32+,33+,37-/m0/s1. The van der Waals surface area contributed by atoms with Gasteiger partial charge in [0.05, 0.1) is 47.8 Å². The zero-order chi connectivity index (χ0) is 35.5. The van der Waals surface area contributed by atoms with Crippen molar-refractivity contribution in [1.82, 2.24) is 10.2 Å². The van der Waals surface area contributed by atoms with Crippen molar-refractivity contribution >= 4 is 56.9 Å². The number of alkyl halides is 1. The highest BCUT2D eigenvalue weighted by Gasteiger charge is 2.77. The summed E-state index contributed by atoms with van der Waals surface area (Å²) in [5.74, 6) is -4.15. The average Bonchev–Trinajstić information content (AvgIpc) is 3.68. The fraction of sp³-hybridized carbons (Fsp3) is 0.459. The molecule has 0 saturated carbocycles. The van der Waals surface area contributed by atoms with E-state index in [0.717, 1.165) is 0 Å². The molecule has 2 N–H and O–H groups in total. The number of para-hydroxylation sites is 1. The van der Waals surface area contributed by atoms with Crippen LogP contribution in [0.15, 0.2) is 79.9 Å². The largest absolute Gasteiger partial charge is 0.455 e. The molecule has 10 nitrogen and oxygen atoms in total. The van der Waals surface area contributed by atoms with E-state index in [1.807, 2.05) is 32.0 Å². The summed E-state index contributed by atoms with van der Waals surface area (Å²) in [7, 11) is 0. The number of amides is 3. The molecule has 2 aromatic carbocycles. The van der Waals surface area contributed by atoms with Gasteiger partial charge in [-0.1, -0.05) is 96.0 Å². The number of benzene rings is 2. The monoisotopic (exact) mass is 755 g/mol. The number of halogens is 2. The average molecular weight is 757 g/mol. The molecule has 0 aliphatic carbocycles. The molecule has 3 aliphatic rings. The van der Waals surface area contributed by atoms with Crippen molar-refractivity contribution in [3.8, 4) is 0 Å². The maximum absolute atomic E-state index is 14.9. The van der Waals surface area contributed by atoms with E-state index in [4.69, 9.17) is 21.1 Å². The number of fused-ring (bicyclic) bond motifs is 1. The minimum absolute atomic E-state index is 0.0208. The second kappa shape index (κ2) is 15.6. The van der Waals surface area contributed by atoms with Gasteiger partial charge in [0, 0.05) is 17.8 Å². The van der Waals surface area contributed by atoms with Crippen LogP contribution in [0, 0.1) is 17.8 Å². The number of hydrogen-bond donors (Lipinski definition) is 2. The molecule has 1 unspecified atom stereocenters. The summed E-state index contributed by atoms with van der Waals surface area (Å²) in [4.78, 5) is 58.9. The van der Waals surface area contributed by atoms with Gasteiger partial charge in [-0.15, -0.1) is 13.2 Å². The summed E-state index contributed by atoms with van der Waals surface area (Å²) in [6, 6.07) is 14.0. The Balaban J connectivity index is 1.53. The molecule has 262 valence electrons. The van der Waals surface area contributed by atoms with E-state index in [1.54, 1.807) is 48.6 Å². The normalized spacial score (nSPS) is 26.6. The second-order valence-corrected chi connectivity index (χ2v) is 14.6. The van der Waals surface area contributed by atoms with Crippen LogP contribution in [0.4, 0.5) is 5.69 Å². The third-order valence-electron chi connectivity index (χ3n) is 9.76. The van der Waals surface area contributed by atoms with Crippen LogP contribution in [0.25, 0.3) is 0 Å². The van der Waals surface area contributed by atoms with Gasteiger partial charge in [0.15, 0.2) is 0 Å². The molecule has 0 radical (unpaired) electrons. The Kier molecular flexibility index (Phi) is 11.7. The molecule has 1 spiro atoms. The molecule has 3 fully saturated rings. The van der Waals surface area contributed by atoms with Gasteiger partial charge in [-0.05, 0) is 36.5 Å². The van der Waals surface area contributed by atoms with Gasteiger partial charge in [-0.25, -0.2) is 0 Å². The van der Waals surface area contributed by atoms with E-state index in [2.05, 4.69) is 34.4 Å². The Morgan fingerprint density at radius 1 is 1.16 bits per heavy atom. The Morgan fingerprint density at radius 3 is 2.49 bits per heavy atom. The molecule has 12 heteroatoms. The lowest BCUT2D eigenvalue weighted by molar-refractivity contribution is -0.161. The molecule has 8 atom stereocenters. The quantitative estimate of drug-likeness (QED) is 0.149. The Labute approximate surface area is 300 Å². The summed E-state index contributed by atoms with van der Waals surface area (Å²) >= 11 is 10.3. The van der Waals surface area contributed by atoms with Crippen molar-refractivity contribution in [3.63, 3.8) is 0 Å². The van der Waals surface area contributed by atoms with E-state index in [1.165, 1.54) is 9.80 Å². The maximum Gasteiger partial charge on any atom is 0.313 e. The second-order valence-electron chi connectivity index (χ2n) is 13.1. The number of hydrogen-bond acceptors (Lipinski definition) is 7. The van der Waals surface area contributed by atoms with Crippen molar-refractivity contribution in [2.24, 2.45) is 17.8 Å². The van der Waals surface area contributed by atoms with Gasteiger partial charge >= 0.3 is 5.97 Å². The van der Waals surface area contributed by atoms with Crippen molar-refractivity contribution in [2.45, 2.75) is 67.8 Å². The number of aliphatic hydroxyl groups is 1. The number of likely N-dealkylation sites (tertiary alicyclic amines) is 1. The maximum atomic E-state index is 14.9. The lowest BCUT2D eigenvalue weighted by Gasteiger charge is -2.40. The lowest BCUT2D eigenvalue weighted by Crippen LogP contribution is -2.60. The first-order chi connectivity index (χ1) is 23.5. The lowest BCUT2D eigenvalue weighted by atomic mass is 9.70. The number of ether oxygens (including phenoxy) is 2. The van der Waals surface area contributed by atoms with Crippen LogP contribution in [-0.2, 0) is 28.7 Å². The number of rotatable bonds is 15. The molecule has 2 bridgehead atoms. The van der Waals surface area contributed by atoms with E-state index >= 15 is 0 Å². The van der Waals surface area contributed by atoms with Gasteiger partial charge in [-0.3, -0.25) is 19.2 Å². The van der Waals surface area contributed by atoms with Gasteiger partial charge in [-0.2, -0.15) is 0 Å². The summed E-state index contributed by atoms with van der Waals surface area (Å²) in [5, 5.41) is 13.8. The van der Waals surface area contributed by atoms with Gasteiger partial charge in [0.2, 0.25) is 11.8 Å². The fourth-order valence-corrected chi connectivity index (χ4v) is 8.67. The Bertz CT molecular complexity index is 1570. The minimum Gasteiger partial charge on any atom is -0.455 e. The van der Waals surface area contributed by atoms with Crippen molar-refractivity contribution < 1.29 is 33.8 Å². The molecule has 3 saturated heterocycles. The highest BCUT2D eigenvalue weighted by molar-refractivity contribution is 9.09. The summed E-state index contributed by atoms with van der Waals surface area (Å²) in [6.07, 6.45) is 2.63. The summed E-state index contributed by atoms with van der Waals surface area (Å²) in [5.41, 5.74) is -0.298. The topological polar surface area (TPSA) is 125 Å². The number of esters is 1. The Morgan fingerprint density at radius 2 is 1.86 bits per heavy atom. The first-order valence-electron chi connectivity index (χ1n) is 16.5. The van der Waals surface area contributed by atoms with Gasteiger partial charge < -0.3 is 29.7 Å². The Hall–Kier alpha value is -3.51. The fourth-order valence-electron chi connectivity index (χ4n) is 7.49. The van der Waals surface area contributed by atoms with Crippen LogP contribution in [0.5, 0.6) is 0 Å². The van der Waals surface area contributed by atoms with E-state index < -0.39 is 66.1 Å². The number of nitrogens with zero attached hydrogens (tertiary/aromatic N) is 2. The van der Waals surface area contributed by atoms with Crippen LogP contribution in [-0.4, -0.2) is 82.0 Å². The molecular formula is C37H43BrClN3O7. The summed E-state index contributed by atoms with van der Waals surface area (Å²) < 4.78 is 12.8. The number of aliphatic hydroxyl groups excluding tert-OH is 1. The molecule has 5 rings (SSSR count).